The molecule has 7 nitrogen and oxygen atoms in total. The standard InChI is InChI=1S/C20H31N5O2/c1-4-21-20(24-13-12-22-18(26)16-8-9-16)23-11-10-15-6-5-7-17(14-15)19(27)25(2)3/h5-7,14,16H,4,8-13H2,1-3H3,(H,22,26)(H2,21,23,24). The first-order chi connectivity index (χ1) is 13.0. The first kappa shape index (κ1) is 20.7. The second-order valence-electron chi connectivity index (χ2n) is 6.90. The molecule has 1 aromatic carbocycles. The Labute approximate surface area is 161 Å². The molecule has 0 spiro atoms. The van der Waals surface area contributed by atoms with E-state index in [4.69, 9.17) is 0 Å². The number of benzene rings is 1. The van der Waals surface area contributed by atoms with Crippen molar-refractivity contribution in [2.45, 2.75) is 26.2 Å². The van der Waals surface area contributed by atoms with Crippen molar-refractivity contribution in [3.63, 3.8) is 0 Å². The predicted molar refractivity (Wildman–Crippen MR) is 108 cm³/mol. The number of carbonyl (C=O) groups excluding carboxylic acids is 2. The molecule has 1 aliphatic carbocycles. The normalized spacial score (nSPS) is 13.8. The molecule has 0 bridgehead atoms. The van der Waals surface area contributed by atoms with Crippen LogP contribution >= 0.6 is 0 Å². The van der Waals surface area contributed by atoms with Crippen molar-refractivity contribution in [1.29, 1.82) is 0 Å². The van der Waals surface area contributed by atoms with Crippen LogP contribution in [0.25, 0.3) is 0 Å². The summed E-state index contributed by atoms with van der Waals surface area (Å²) in [6, 6.07) is 7.67. The van der Waals surface area contributed by atoms with Gasteiger partial charge in [0.2, 0.25) is 5.91 Å². The Bertz CT molecular complexity index is 668. The van der Waals surface area contributed by atoms with Gasteiger partial charge >= 0.3 is 0 Å². The van der Waals surface area contributed by atoms with E-state index < -0.39 is 0 Å². The lowest BCUT2D eigenvalue weighted by molar-refractivity contribution is -0.122. The summed E-state index contributed by atoms with van der Waals surface area (Å²) in [4.78, 5) is 29.8. The van der Waals surface area contributed by atoms with E-state index >= 15 is 0 Å². The zero-order chi connectivity index (χ0) is 19.6. The molecule has 0 saturated heterocycles. The van der Waals surface area contributed by atoms with Crippen LogP contribution in [0, 0.1) is 5.92 Å². The molecule has 1 saturated carbocycles. The van der Waals surface area contributed by atoms with Gasteiger partial charge in [0, 0.05) is 51.8 Å². The Hall–Kier alpha value is -2.57. The number of guanidine groups is 1. The summed E-state index contributed by atoms with van der Waals surface area (Å²) in [6.07, 6.45) is 2.79. The number of hydrogen-bond acceptors (Lipinski definition) is 3. The van der Waals surface area contributed by atoms with Crippen LogP contribution in [-0.4, -0.2) is 62.9 Å². The maximum absolute atomic E-state index is 12.1. The van der Waals surface area contributed by atoms with Crippen LogP contribution in [0.5, 0.6) is 0 Å². The number of aliphatic imine (C=N–C) groups is 1. The van der Waals surface area contributed by atoms with E-state index in [1.54, 1.807) is 19.0 Å². The maximum atomic E-state index is 12.1. The highest BCUT2D eigenvalue weighted by molar-refractivity contribution is 5.94. The molecule has 0 heterocycles. The predicted octanol–water partition coefficient (Wildman–Crippen LogP) is 1.01. The number of nitrogens with one attached hydrogen (secondary N) is 3. The average molecular weight is 374 g/mol. The Morgan fingerprint density at radius 1 is 1.15 bits per heavy atom. The summed E-state index contributed by atoms with van der Waals surface area (Å²) >= 11 is 0. The minimum atomic E-state index is 0.00333. The minimum absolute atomic E-state index is 0.00333. The fourth-order valence-corrected chi connectivity index (χ4v) is 2.61. The Morgan fingerprint density at radius 2 is 1.89 bits per heavy atom. The van der Waals surface area contributed by atoms with E-state index in [2.05, 4.69) is 20.9 Å². The third kappa shape index (κ3) is 7.29. The zero-order valence-electron chi connectivity index (χ0n) is 16.5. The molecular weight excluding hydrogens is 342 g/mol. The highest BCUT2D eigenvalue weighted by Gasteiger charge is 2.28. The fourth-order valence-electron chi connectivity index (χ4n) is 2.61. The van der Waals surface area contributed by atoms with Crippen molar-refractivity contribution >= 4 is 17.8 Å². The molecule has 3 N–H and O–H groups in total. The molecular formula is C20H31N5O2. The highest BCUT2D eigenvalue weighted by Crippen LogP contribution is 2.28. The average Bonchev–Trinajstić information content (AvgIpc) is 3.49. The molecule has 148 valence electrons. The van der Waals surface area contributed by atoms with E-state index in [9.17, 15) is 9.59 Å². The quantitative estimate of drug-likeness (QED) is 0.343. The molecule has 0 atom stereocenters. The molecule has 0 unspecified atom stereocenters. The molecule has 1 aliphatic rings. The number of nitrogens with zero attached hydrogens (tertiary/aromatic N) is 2. The SMILES string of the molecule is CCNC(=NCCc1cccc(C(=O)N(C)C)c1)NCCNC(=O)C1CC1. The topological polar surface area (TPSA) is 85.8 Å². The van der Waals surface area contributed by atoms with Gasteiger partial charge in [0.1, 0.15) is 0 Å². The summed E-state index contributed by atoms with van der Waals surface area (Å²) in [5.74, 6) is 1.13. The Kier molecular flexibility index (Phi) is 8.10. The molecule has 0 radical (unpaired) electrons. The highest BCUT2D eigenvalue weighted by atomic mass is 16.2. The lowest BCUT2D eigenvalue weighted by Gasteiger charge is -2.12. The van der Waals surface area contributed by atoms with Gasteiger partial charge in [0.25, 0.3) is 5.91 Å². The molecule has 0 aliphatic heterocycles. The molecule has 27 heavy (non-hydrogen) atoms. The largest absolute Gasteiger partial charge is 0.357 e. The first-order valence-electron chi connectivity index (χ1n) is 9.61. The summed E-state index contributed by atoms with van der Waals surface area (Å²) in [6.45, 7) is 4.63. The smallest absolute Gasteiger partial charge is 0.253 e. The zero-order valence-corrected chi connectivity index (χ0v) is 16.5. The minimum Gasteiger partial charge on any atom is -0.357 e. The van der Waals surface area contributed by atoms with Crippen molar-refractivity contribution in [1.82, 2.24) is 20.9 Å². The summed E-state index contributed by atoms with van der Waals surface area (Å²) in [5, 5.41) is 9.36. The van der Waals surface area contributed by atoms with Crippen LogP contribution < -0.4 is 16.0 Å². The van der Waals surface area contributed by atoms with Gasteiger partial charge in [-0.2, -0.15) is 0 Å². The van der Waals surface area contributed by atoms with E-state index in [1.165, 1.54) is 0 Å². The molecule has 7 heteroatoms. The van der Waals surface area contributed by atoms with E-state index in [-0.39, 0.29) is 17.7 Å². The van der Waals surface area contributed by atoms with Gasteiger partial charge < -0.3 is 20.9 Å². The number of rotatable bonds is 9. The van der Waals surface area contributed by atoms with Crippen LogP contribution in [-0.2, 0) is 11.2 Å². The van der Waals surface area contributed by atoms with Gasteiger partial charge in [0.15, 0.2) is 5.96 Å². The molecule has 0 aromatic heterocycles. The second-order valence-corrected chi connectivity index (χ2v) is 6.90. The lowest BCUT2D eigenvalue weighted by atomic mass is 10.1. The second kappa shape index (κ2) is 10.5. The van der Waals surface area contributed by atoms with Crippen LogP contribution in [0.3, 0.4) is 0 Å². The van der Waals surface area contributed by atoms with Crippen LogP contribution in [0.15, 0.2) is 29.3 Å². The van der Waals surface area contributed by atoms with E-state index in [1.807, 2.05) is 31.2 Å². The van der Waals surface area contributed by atoms with Crippen LogP contribution in [0.4, 0.5) is 0 Å². The van der Waals surface area contributed by atoms with Gasteiger partial charge in [-0.15, -0.1) is 0 Å². The number of carbonyl (C=O) groups is 2. The van der Waals surface area contributed by atoms with Crippen molar-refractivity contribution in [2.75, 3.05) is 40.3 Å². The van der Waals surface area contributed by atoms with E-state index in [0.29, 0.717) is 25.2 Å². The van der Waals surface area contributed by atoms with Gasteiger partial charge in [-0.1, -0.05) is 12.1 Å². The molecule has 1 aromatic rings. The molecule has 2 amide bonds. The van der Waals surface area contributed by atoms with Crippen molar-refractivity contribution < 1.29 is 9.59 Å². The van der Waals surface area contributed by atoms with Crippen LogP contribution in [0.1, 0.15) is 35.7 Å². The third-order valence-electron chi connectivity index (χ3n) is 4.26. The summed E-state index contributed by atoms with van der Waals surface area (Å²) < 4.78 is 0. The van der Waals surface area contributed by atoms with Crippen molar-refractivity contribution in [3.05, 3.63) is 35.4 Å². The Balaban J connectivity index is 1.79. The third-order valence-corrected chi connectivity index (χ3v) is 4.26. The van der Waals surface area contributed by atoms with Gasteiger partial charge in [-0.25, -0.2) is 0 Å². The van der Waals surface area contributed by atoms with Crippen molar-refractivity contribution in [3.8, 4) is 0 Å². The number of amides is 2. The first-order valence-corrected chi connectivity index (χ1v) is 9.61. The molecule has 1 fully saturated rings. The summed E-state index contributed by atoms with van der Waals surface area (Å²) in [7, 11) is 3.50. The maximum Gasteiger partial charge on any atom is 0.253 e. The Morgan fingerprint density at radius 3 is 2.56 bits per heavy atom. The van der Waals surface area contributed by atoms with Gasteiger partial charge in [-0.3, -0.25) is 14.6 Å². The fraction of sp³-hybridized carbons (Fsp3) is 0.550. The van der Waals surface area contributed by atoms with E-state index in [0.717, 1.165) is 37.3 Å². The van der Waals surface area contributed by atoms with Gasteiger partial charge in [-0.05, 0) is 43.9 Å². The monoisotopic (exact) mass is 373 g/mol. The summed E-state index contributed by atoms with van der Waals surface area (Å²) in [5.41, 5.74) is 1.77. The lowest BCUT2D eigenvalue weighted by Crippen LogP contribution is -2.41. The van der Waals surface area contributed by atoms with Crippen molar-refractivity contribution in [2.24, 2.45) is 10.9 Å². The van der Waals surface area contributed by atoms with Crippen LogP contribution in [0.2, 0.25) is 0 Å². The molecule has 2 rings (SSSR count). The van der Waals surface area contributed by atoms with Gasteiger partial charge in [0.05, 0.1) is 0 Å². The number of hydrogen-bond donors (Lipinski definition) is 3.